The molecule has 1 aromatic heterocycles. The second-order valence-electron chi connectivity index (χ2n) is 5.18. The van der Waals surface area contributed by atoms with Gasteiger partial charge in [0.15, 0.2) is 0 Å². The van der Waals surface area contributed by atoms with E-state index in [1.807, 2.05) is 12.1 Å². The molecule has 1 amide bonds. The fourth-order valence-corrected chi connectivity index (χ4v) is 3.17. The molecular weight excluding hydrogens is 352 g/mol. The number of aromatic nitrogens is 1. The number of halogens is 2. The quantitative estimate of drug-likeness (QED) is 0.702. The fourth-order valence-electron chi connectivity index (χ4n) is 2.65. The van der Waals surface area contributed by atoms with Gasteiger partial charge in [0.1, 0.15) is 5.15 Å². The highest BCUT2D eigenvalue weighted by molar-refractivity contribution is 9.10. The minimum Gasteiger partial charge on any atom is -0.308 e. The lowest BCUT2D eigenvalue weighted by Crippen LogP contribution is -2.35. The summed E-state index contributed by atoms with van der Waals surface area (Å²) in [5.41, 5.74) is 3.84. The smallest absolute Gasteiger partial charge is 0.261 e. The number of fused-ring (bicyclic) bond motifs is 1. The van der Waals surface area contributed by atoms with Gasteiger partial charge in [0.2, 0.25) is 0 Å². The molecule has 1 aliphatic heterocycles. The number of benzene rings is 1. The topological polar surface area (TPSA) is 33.2 Å². The summed E-state index contributed by atoms with van der Waals surface area (Å²) in [6, 6.07) is 7.92. The van der Waals surface area contributed by atoms with Crippen molar-refractivity contribution in [1.29, 1.82) is 0 Å². The van der Waals surface area contributed by atoms with E-state index in [4.69, 9.17) is 11.6 Å². The third kappa shape index (κ3) is 2.83. The zero-order valence-corrected chi connectivity index (χ0v) is 13.9. The molecule has 1 aliphatic rings. The first kappa shape index (κ1) is 14.5. The Morgan fingerprint density at radius 2 is 2.19 bits per heavy atom. The first-order valence-corrected chi connectivity index (χ1v) is 7.96. The summed E-state index contributed by atoms with van der Waals surface area (Å²) in [7, 11) is 0. The van der Waals surface area contributed by atoms with E-state index >= 15 is 0 Å². The molecule has 0 N–H and O–H groups in total. The zero-order valence-electron chi connectivity index (χ0n) is 11.6. The van der Waals surface area contributed by atoms with Crippen molar-refractivity contribution in [2.24, 2.45) is 0 Å². The number of pyridine rings is 1. The summed E-state index contributed by atoms with van der Waals surface area (Å²) in [6.45, 7) is 2.77. The molecule has 0 saturated heterocycles. The maximum absolute atomic E-state index is 12.8. The third-order valence-electron chi connectivity index (χ3n) is 3.63. The van der Waals surface area contributed by atoms with Crippen LogP contribution in [0.1, 0.15) is 27.9 Å². The van der Waals surface area contributed by atoms with Crippen LogP contribution in [0.2, 0.25) is 5.15 Å². The summed E-state index contributed by atoms with van der Waals surface area (Å²) in [6.07, 6.45) is 3.55. The number of carbonyl (C=O) groups is 1. The average Bonchev–Trinajstić information content (AvgIpc) is 2.48. The molecule has 0 bridgehead atoms. The van der Waals surface area contributed by atoms with Gasteiger partial charge in [0, 0.05) is 22.9 Å². The molecule has 0 unspecified atom stereocenters. The monoisotopic (exact) mass is 364 g/mol. The van der Waals surface area contributed by atoms with Gasteiger partial charge < -0.3 is 4.90 Å². The molecule has 5 heteroatoms. The Balaban J connectivity index is 2.02. The van der Waals surface area contributed by atoms with E-state index in [1.165, 1.54) is 11.1 Å². The molecule has 1 aromatic carbocycles. The predicted octanol–water partition coefficient (Wildman–Crippen LogP) is 4.40. The molecule has 0 saturated carbocycles. The number of hydrogen-bond acceptors (Lipinski definition) is 2. The number of nitrogens with zero attached hydrogens (tertiary/aromatic N) is 2. The lowest BCUT2D eigenvalue weighted by molar-refractivity contribution is 0.0985. The summed E-state index contributed by atoms with van der Waals surface area (Å²) in [5.74, 6) is -0.0985. The van der Waals surface area contributed by atoms with Crippen LogP contribution in [0.3, 0.4) is 0 Å². The van der Waals surface area contributed by atoms with Gasteiger partial charge in [-0.15, -0.1) is 0 Å². The molecule has 0 radical (unpaired) electrons. The summed E-state index contributed by atoms with van der Waals surface area (Å²) < 4.78 is 0.747. The molecule has 0 fully saturated rings. The second kappa shape index (κ2) is 5.78. The molecule has 0 spiro atoms. The van der Waals surface area contributed by atoms with Crippen LogP contribution in [-0.4, -0.2) is 17.4 Å². The Hall–Kier alpha value is -1.39. The Bertz CT molecular complexity index is 717. The molecule has 3 rings (SSSR count). The van der Waals surface area contributed by atoms with Gasteiger partial charge in [0.25, 0.3) is 5.91 Å². The third-order valence-corrected chi connectivity index (χ3v) is 4.37. The van der Waals surface area contributed by atoms with E-state index in [1.54, 1.807) is 17.2 Å². The van der Waals surface area contributed by atoms with Crippen LogP contribution in [0.4, 0.5) is 5.69 Å². The highest BCUT2D eigenvalue weighted by Crippen LogP contribution is 2.30. The van der Waals surface area contributed by atoms with Crippen molar-refractivity contribution in [3.05, 3.63) is 56.8 Å². The van der Waals surface area contributed by atoms with Crippen molar-refractivity contribution >= 4 is 39.1 Å². The second-order valence-corrected chi connectivity index (χ2v) is 6.46. The molecule has 2 aromatic rings. The number of hydrogen-bond donors (Lipinski definition) is 0. The first-order chi connectivity index (χ1) is 10.1. The summed E-state index contributed by atoms with van der Waals surface area (Å²) >= 11 is 9.42. The molecular formula is C16H14BrClN2O. The van der Waals surface area contributed by atoms with E-state index in [0.717, 1.165) is 23.0 Å². The highest BCUT2D eigenvalue weighted by Gasteiger charge is 2.25. The lowest BCUT2D eigenvalue weighted by atomic mass is 9.99. The minimum atomic E-state index is -0.0985. The van der Waals surface area contributed by atoms with Crippen molar-refractivity contribution in [3.63, 3.8) is 0 Å². The first-order valence-electron chi connectivity index (χ1n) is 6.78. The van der Waals surface area contributed by atoms with Gasteiger partial charge in [-0.05, 0) is 53.4 Å². The molecule has 3 nitrogen and oxygen atoms in total. The SMILES string of the molecule is Cc1ccc2c(c1)CCCN2C(=O)c1cc(Br)cnc1Cl. The van der Waals surface area contributed by atoms with Crippen LogP contribution in [0.15, 0.2) is 34.9 Å². The predicted molar refractivity (Wildman–Crippen MR) is 88.1 cm³/mol. The maximum atomic E-state index is 12.8. The van der Waals surface area contributed by atoms with Gasteiger partial charge in [-0.25, -0.2) is 4.98 Å². The zero-order chi connectivity index (χ0) is 15.0. The van der Waals surface area contributed by atoms with Gasteiger partial charge in [-0.2, -0.15) is 0 Å². The van der Waals surface area contributed by atoms with Gasteiger partial charge >= 0.3 is 0 Å². The van der Waals surface area contributed by atoms with E-state index in [2.05, 4.69) is 33.9 Å². The molecule has 2 heterocycles. The van der Waals surface area contributed by atoms with Crippen molar-refractivity contribution < 1.29 is 4.79 Å². The largest absolute Gasteiger partial charge is 0.308 e. The van der Waals surface area contributed by atoms with Gasteiger partial charge in [-0.3, -0.25) is 4.79 Å². The van der Waals surface area contributed by atoms with E-state index in [0.29, 0.717) is 12.1 Å². The Labute approximate surface area is 137 Å². The Kier molecular flexibility index (Phi) is 4.00. The van der Waals surface area contributed by atoms with Crippen LogP contribution in [0.25, 0.3) is 0 Å². The van der Waals surface area contributed by atoms with E-state index in [-0.39, 0.29) is 11.1 Å². The Morgan fingerprint density at radius 3 is 3.00 bits per heavy atom. The summed E-state index contributed by atoms with van der Waals surface area (Å²) in [4.78, 5) is 18.6. The number of amides is 1. The van der Waals surface area contributed by atoms with Gasteiger partial charge in [-0.1, -0.05) is 29.3 Å². The maximum Gasteiger partial charge on any atom is 0.261 e. The minimum absolute atomic E-state index is 0.0985. The number of rotatable bonds is 1. The summed E-state index contributed by atoms with van der Waals surface area (Å²) in [5, 5.41) is 0.238. The molecule has 0 atom stereocenters. The molecule has 21 heavy (non-hydrogen) atoms. The van der Waals surface area contributed by atoms with Crippen molar-refractivity contribution in [2.45, 2.75) is 19.8 Å². The number of anilines is 1. The van der Waals surface area contributed by atoms with Crippen LogP contribution in [0, 0.1) is 6.92 Å². The van der Waals surface area contributed by atoms with E-state index in [9.17, 15) is 4.79 Å². The van der Waals surface area contributed by atoms with Crippen LogP contribution < -0.4 is 4.90 Å². The average molecular weight is 366 g/mol. The number of carbonyl (C=O) groups excluding carboxylic acids is 1. The molecule has 108 valence electrons. The normalized spacial score (nSPS) is 14.0. The fraction of sp³-hybridized carbons (Fsp3) is 0.250. The van der Waals surface area contributed by atoms with Crippen molar-refractivity contribution in [2.75, 3.05) is 11.4 Å². The van der Waals surface area contributed by atoms with Crippen LogP contribution in [-0.2, 0) is 6.42 Å². The van der Waals surface area contributed by atoms with E-state index < -0.39 is 0 Å². The number of aryl methyl sites for hydroxylation is 2. The molecule has 0 aliphatic carbocycles. The highest BCUT2D eigenvalue weighted by atomic mass is 79.9. The van der Waals surface area contributed by atoms with Crippen molar-refractivity contribution in [1.82, 2.24) is 4.98 Å². The van der Waals surface area contributed by atoms with Crippen LogP contribution in [0.5, 0.6) is 0 Å². The van der Waals surface area contributed by atoms with Gasteiger partial charge in [0.05, 0.1) is 5.56 Å². The van der Waals surface area contributed by atoms with Crippen LogP contribution >= 0.6 is 27.5 Å². The standard InChI is InChI=1S/C16H14BrClN2O/c1-10-4-5-14-11(7-10)3-2-6-20(14)16(21)13-8-12(17)9-19-15(13)18/h4-5,7-9H,2-3,6H2,1H3. The lowest BCUT2D eigenvalue weighted by Gasteiger charge is -2.30. The Morgan fingerprint density at radius 1 is 1.38 bits per heavy atom. The van der Waals surface area contributed by atoms with Crippen molar-refractivity contribution in [3.8, 4) is 0 Å².